The Morgan fingerprint density at radius 3 is 2.13 bits per heavy atom. The number of nitrogens with zero attached hydrogens (tertiary/aromatic N) is 1. The van der Waals surface area contributed by atoms with Crippen LogP contribution in [-0.2, 0) is 4.79 Å². The fourth-order valence-corrected chi connectivity index (χ4v) is 1.50. The Bertz CT molecular complexity index is 193. The summed E-state index contributed by atoms with van der Waals surface area (Å²) in [5.41, 5.74) is -0.253. The molecule has 0 fully saturated rings. The molecule has 0 heterocycles. The van der Waals surface area contributed by atoms with Crippen molar-refractivity contribution in [2.45, 2.75) is 66.8 Å². The molecule has 90 valence electrons. The summed E-state index contributed by atoms with van der Waals surface area (Å²) in [6.07, 6.45) is 3.28. The van der Waals surface area contributed by atoms with Gasteiger partial charge in [0.15, 0.2) is 0 Å². The van der Waals surface area contributed by atoms with Crippen LogP contribution in [0.5, 0.6) is 0 Å². The molecule has 0 bridgehead atoms. The Morgan fingerprint density at radius 2 is 1.80 bits per heavy atom. The number of hydrogen-bond donors (Lipinski definition) is 0. The van der Waals surface area contributed by atoms with Crippen LogP contribution in [0.15, 0.2) is 0 Å². The molecule has 0 saturated carbocycles. The molecule has 15 heavy (non-hydrogen) atoms. The second-order valence-corrected chi connectivity index (χ2v) is 5.36. The molecule has 0 aliphatic carbocycles. The van der Waals surface area contributed by atoms with Crippen molar-refractivity contribution in [2.75, 3.05) is 6.54 Å². The maximum absolute atomic E-state index is 12.2. The zero-order valence-corrected chi connectivity index (χ0v) is 11.3. The minimum absolute atomic E-state index is 0.253. The lowest BCUT2D eigenvalue weighted by molar-refractivity contribution is -0.141. The van der Waals surface area contributed by atoms with E-state index in [1.165, 1.54) is 0 Å². The minimum Gasteiger partial charge on any atom is -0.340 e. The van der Waals surface area contributed by atoms with Gasteiger partial charge in [-0.15, -0.1) is 0 Å². The SMILES string of the molecule is CCCCN(C(=O)C(C)(C)C)C(C)CC. The summed E-state index contributed by atoms with van der Waals surface area (Å²) >= 11 is 0. The van der Waals surface area contributed by atoms with Gasteiger partial charge in [0.2, 0.25) is 5.91 Å². The van der Waals surface area contributed by atoms with Gasteiger partial charge in [0.1, 0.15) is 0 Å². The monoisotopic (exact) mass is 213 g/mol. The third kappa shape index (κ3) is 4.67. The van der Waals surface area contributed by atoms with Gasteiger partial charge in [-0.2, -0.15) is 0 Å². The zero-order valence-electron chi connectivity index (χ0n) is 11.3. The smallest absolute Gasteiger partial charge is 0.228 e. The zero-order chi connectivity index (χ0) is 12.1. The van der Waals surface area contributed by atoms with Gasteiger partial charge in [0.25, 0.3) is 0 Å². The summed E-state index contributed by atoms with van der Waals surface area (Å²) in [5.74, 6) is 0.283. The molecule has 0 rings (SSSR count). The van der Waals surface area contributed by atoms with Crippen molar-refractivity contribution >= 4 is 5.91 Å². The summed E-state index contributed by atoms with van der Waals surface area (Å²) in [4.78, 5) is 14.2. The van der Waals surface area contributed by atoms with Crippen molar-refractivity contribution in [3.05, 3.63) is 0 Å². The molecule has 0 N–H and O–H groups in total. The third-order valence-electron chi connectivity index (χ3n) is 2.78. The van der Waals surface area contributed by atoms with E-state index in [-0.39, 0.29) is 11.3 Å². The molecule has 0 saturated heterocycles. The molecular formula is C13H27NO. The highest BCUT2D eigenvalue weighted by Crippen LogP contribution is 2.20. The highest BCUT2D eigenvalue weighted by molar-refractivity contribution is 5.81. The third-order valence-corrected chi connectivity index (χ3v) is 2.78. The van der Waals surface area contributed by atoms with E-state index in [1.54, 1.807) is 0 Å². The number of amides is 1. The Labute approximate surface area is 95.0 Å². The highest BCUT2D eigenvalue weighted by Gasteiger charge is 2.28. The van der Waals surface area contributed by atoms with E-state index in [0.29, 0.717) is 6.04 Å². The summed E-state index contributed by atoms with van der Waals surface area (Å²) in [7, 11) is 0. The van der Waals surface area contributed by atoms with Crippen LogP contribution in [0, 0.1) is 5.41 Å². The molecular weight excluding hydrogens is 186 g/mol. The van der Waals surface area contributed by atoms with E-state index < -0.39 is 0 Å². The quantitative estimate of drug-likeness (QED) is 0.685. The average Bonchev–Trinajstić information content (AvgIpc) is 2.16. The second kappa shape index (κ2) is 6.14. The van der Waals surface area contributed by atoms with E-state index in [1.807, 2.05) is 25.7 Å². The van der Waals surface area contributed by atoms with E-state index in [2.05, 4.69) is 20.8 Å². The Morgan fingerprint density at radius 1 is 1.27 bits per heavy atom. The first-order valence-corrected chi connectivity index (χ1v) is 6.15. The minimum atomic E-state index is -0.253. The molecule has 0 aliphatic rings. The molecule has 2 nitrogen and oxygen atoms in total. The van der Waals surface area contributed by atoms with Crippen LogP contribution in [0.2, 0.25) is 0 Å². The first kappa shape index (κ1) is 14.5. The number of carbonyl (C=O) groups is 1. The summed E-state index contributed by atoms with van der Waals surface area (Å²) in [6, 6.07) is 0.364. The Hall–Kier alpha value is -0.530. The number of rotatable bonds is 5. The van der Waals surface area contributed by atoms with Gasteiger partial charge in [-0.05, 0) is 19.8 Å². The molecule has 1 amide bonds. The fraction of sp³-hybridized carbons (Fsp3) is 0.923. The number of unbranched alkanes of at least 4 members (excludes halogenated alkanes) is 1. The Kier molecular flexibility index (Phi) is 5.92. The van der Waals surface area contributed by atoms with Crippen LogP contribution >= 0.6 is 0 Å². The molecule has 0 aromatic carbocycles. The fourth-order valence-electron chi connectivity index (χ4n) is 1.50. The van der Waals surface area contributed by atoms with Gasteiger partial charge in [0.05, 0.1) is 0 Å². The summed E-state index contributed by atoms with van der Waals surface area (Å²) in [6.45, 7) is 13.3. The van der Waals surface area contributed by atoms with E-state index >= 15 is 0 Å². The summed E-state index contributed by atoms with van der Waals surface area (Å²) < 4.78 is 0. The van der Waals surface area contributed by atoms with Gasteiger partial charge in [-0.3, -0.25) is 4.79 Å². The van der Waals surface area contributed by atoms with Gasteiger partial charge >= 0.3 is 0 Å². The van der Waals surface area contributed by atoms with Gasteiger partial charge in [-0.1, -0.05) is 41.0 Å². The van der Waals surface area contributed by atoms with Gasteiger partial charge in [-0.25, -0.2) is 0 Å². The molecule has 0 aliphatic heterocycles. The first-order chi connectivity index (χ1) is 6.84. The maximum Gasteiger partial charge on any atom is 0.228 e. The van der Waals surface area contributed by atoms with Crippen LogP contribution in [-0.4, -0.2) is 23.4 Å². The van der Waals surface area contributed by atoms with Crippen LogP contribution in [0.1, 0.15) is 60.8 Å². The van der Waals surface area contributed by atoms with Crippen LogP contribution < -0.4 is 0 Å². The van der Waals surface area contributed by atoms with Crippen LogP contribution in [0.4, 0.5) is 0 Å². The molecule has 2 heteroatoms. The predicted molar refractivity (Wildman–Crippen MR) is 65.8 cm³/mol. The molecule has 1 unspecified atom stereocenters. The van der Waals surface area contributed by atoms with Crippen molar-refractivity contribution in [3.63, 3.8) is 0 Å². The van der Waals surface area contributed by atoms with Gasteiger partial charge in [0, 0.05) is 18.0 Å². The lowest BCUT2D eigenvalue weighted by Crippen LogP contribution is -2.45. The molecule has 0 aromatic heterocycles. The van der Waals surface area contributed by atoms with Crippen LogP contribution in [0.3, 0.4) is 0 Å². The second-order valence-electron chi connectivity index (χ2n) is 5.36. The topological polar surface area (TPSA) is 20.3 Å². The predicted octanol–water partition coefficient (Wildman–Crippen LogP) is 3.46. The van der Waals surface area contributed by atoms with Crippen molar-refractivity contribution < 1.29 is 4.79 Å². The van der Waals surface area contributed by atoms with Crippen molar-refractivity contribution in [1.82, 2.24) is 4.90 Å². The van der Waals surface area contributed by atoms with E-state index in [4.69, 9.17) is 0 Å². The summed E-state index contributed by atoms with van der Waals surface area (Å²) in [5, 5.41) is 0. The van der Waals surface area contributed by atoms with E-state index in [9.17, 15) is 4.79 Å². The van der Waals surface area contributed by atoms with E-state index in [0.717, 1.165) is 25.8 Å². The Balaban J connectivity index is 4.55. The van der Waals surface area contributed by atoms with Crippen molar-refractivity contribution in [3.8, 4) is 0 Å². The van der Waals surface area contributed by atoms with Gasteiger partial charge < -0.3 is 4.90 Å². The number of hydrogen-bond acceptors (Lipinski definition) is 1. The van der Waals surface area contributed by atoms with Crippen molar-refractivity contribution in [2.24, 2.45) is 5.41 Å². The molecule has 0 spiro atoms. The molecule has 0 aromatic rings. The number of carbonyl (C=O) groups excluding carboxylic acids is 1. The van der Waals surface area contributed by atoms with Crippen LogP contribution in [0.25, 0.3) is 0 Å². The maximum atomic E-state index is 12.2. The average molecular weight is 213 g/mol. The lowest BCUT2D eigenvalue weighted by Gasteiger charge is -2.34. The molecule has 0 radical (unpaired) electrons. The normalized spacial score (nSPS) is 13.7. The van der Waals surface area contributed by atoms with Crippen molar-refractivity contribution in [1.29, 1.82) is 0 Å². The standard InChI is InChI=1S/C13H27NO/c1-7-9-10-14(11(3)8-2)12(15)13(4,5)6/h11H,7-10H2,1-6H3. The first-order valence-electron chi connectivity index (χ1n) is 6.15. The largest absolute Gasteiger partial charge is 0.340 e. The lowest BCUT2D eigenvalue weighted by atomic mass is 9.93. The highest BCUT2D eigenvalue weighted by atomic mass is 16.2. The molecule has 1 atom stereocenters.